The molecule has 0 bridgehead atoms. The van der Waals surface area contributed by atoms with Crippen LogP contribution < -0.4 is 9.64 Å². The quantitative estimate of drug-likeness (QED) is 0.868. The lowest BCUT2D eigenvalue weighted by molar-refractivity contribution is 0.224. The fourth-order valence-electron chi connectivity index (χ4n) is 2.57. The Morgan fingerprint density at radius 3 is 2.86 bits per heavy atom. The topological polar surface area (TPSA) is 51.4 Å². The highest BCUT2D eigenvalue weighted by atomic mass is 35.5. The molecule has 1 aromatic heterocycles. The molecule has 0 radical (unpaired) electrons. The minimum Gasteiger partial charge on any atom is -0.487 e. The van der Waals surface area contributed by atoms with Crippen molar-refractivity contribution in [3.63, 3.8) is 0 Å². The molecule has 0 amide bonds. The Balaban J connectivity index is 1.41. The third-order valence-electron chi connectivity index (χ3n) is 3.90. The average Bonchev–Trinajstić information content (AvgIpc) is 3.04. The second-order valence-electron chi connectivity index (χ2n) is 5.60. The smallest absolute Gasteiger partial charge is 0.318 e. The fraction of sp³-hybridized carbons (Fsp3) is 0.467. The van der Waals surface area contributed by atoms with Gasteiger partial charge in [-0.15, -0.1) is 5.10 Å². The molecule has 4 rings (SSSR count). The summed E-state index contributed by atoms with van der Waals surface area (Å²) in [5, 5.41) is 8.92. The van der Waals surface area contributed by atoms with Crippen molar-refractivity contribution in [3.8, 4) is 5.75 Å². The normalized spacial score (nSPS) is 21.8. The van der Waals surface area contributed by atoms with Crippen LogP contribution in [0.4, 0.5) is 6.01 Å². The molecule has 1 aliphatic heterocycles. The Bertz CT molecular complexity index is 641. The first-order valence-corrected chi connectivity index (χ1v) is 7.67. The summed E-state index contributed by atoms with van der Waals surface area (Å²) in [6.07, 6.45) is 3.35. The van der Waals surface area contributed by atoms with Gasteiger partial charge in [0.05, 0.1) is 11.6 Å². The molecule has 0 N–H and O–H groups in total. The molecule has 5 nitrogen and oxygen atoms in total. The van der Waals surface area contributed by atoms with Gasteiger partial charge in [-0.05, 0) is 25.0 Å². The van der Waals surface area contributed by atoms with Gasteiger partial charge in [0.25, 0.3) is 0 Å². The number of nitrogens with zero attached hydrogens (tertiary/aromatic N) is 3. The molecular weight excluding hydrogens is 290 g/mol. The van der Waals surface area contributed by atoms with E-state index >= 15 is 0 Å². The number of halogens is 1. The van der Waals surface area contributed by atoms with Crippen molar-refractivity contribution in [2.75, 3.05) is 18.0 Å². The van der Waals surface area contributed by atoms with Gasteiger partial charge < -0.3 is 14.1 Å². The van der Waals surface area contributed by atoms with E-state index in [1.165, 1.54) is 12.8 Å². The number of benzene rings is 1. The highest BCUT2D eigenvalue weighted by molar-refractivity contribution is 6.32. The Hall–Kier alpha value is -1.75. The van der Waals surface area contributed by atoms with E-state index in [4.69, 9.17) is 20.8 Å². The number of aromatic nitrogens is 2. The molecule has 1 saturated heterocycles. The Kier molecular flexibility index (Phi) is 3.22. The zero-order valence-corrected chi connectivity index (χ0v) is 12.3. The number of hydrogen-bond acceptors (Lipinski definition) is 5. The summed E-state index contributed by atoms with van der Waals surface area (Å²) in [7, 11) is 0. The van der Waals surface area contributed by atoms with Gasteiger partial charge in [-0.1, -0.05) is 28.8 Å². The summed E-state index contributed by atoms with van der Waals surface area (Å²) >= 11 is 6.12. The first-order valence-electron chi connectivity index (χ1n) is 7.29. The average molecular weight is 306 g/mol. The molecule has 21 heavy (non-hydrogen) atoms. The molecule has 0 spiro atoms. The summed E-state index contributed by atoms with van der Waals surface area (Å²) < 4.78 is 11.7. The number of para-hydroxylation sites is 1. The van der Waals surface area contributed by atoms with Crippen LogP contribution in [0.15, 0.2) is 28.7 Å². The maximum Gasteiger partial charge on any atom is 0.318 e. The maximum atomic E-state index is 6.12. The van der Waals surface area contributed by atoms with Crippen molar-refractivity contribution in [1.29, 1.82) is 0 Å². The van der Waals surface area contributed by atoms with Crippen molar-refractivity contribution in [1.82, 2.24) is 10.2 Å². The SMILES string of the molecule is Clc1ccccc1OC1CCN(c2nnc(C3CC3)o2)C1. The van der Waals surface area contributed by atoms with E-state index in [0.29, 0.717) is 17.0 Å². The Morgan fingerprint density at radius 2 is 2.05 bits per heavy atom. The van der Waals surface area contributed by atoms with Crippen LogP contribution in [0.5, 0.6) is 5.75 Å². The zero-order chi connectivity index (χ0) is 14.2. The molecule has 2 aliphatic rings. The second-order valence-corrected chi connectivity index (χ2v) is 6.01. The van der Waals surface area contributed by atoms with Gasteiger partial charge in [-0.2, -0.15) is 0 Å². The molecule has 1 saturated carbocycles. The van der Waals surface area contributed by atoms with Crippen molar-refractivity contribution >= 4 is 17.6 Å². The van der Waals surface area contributed by atoms with Crippen LogP contribution in [0.1, 0.15) is 31.1 Å². The first-order chi connectivity index (χ1) is 10.3. The molecule has 6 heteroatoms. The Morgan fingerprint density at radius 1 is 1.19 bits per heavy atom. The number of hydrogen-bond donors (Lipinski definition) is 0. The van der Waals surface area contributed by atoms with Crippen LogP contribution in [0.2, 0.25) is 5.02 Å². The van der Waals surface area contributed by atoms with Gasteiger partial charge in [0, 0.05) is 18.9 Å². The van der Waals surface area contributed by atoms with E-state index < -0.39 is 0 Å². The monoisotopic (exact) mass is 305 g/mol. The van der Waals surface area contributed by atoms with Gasteiger partial charge >= 0.3 is 6.01 Å². The predicted molar refractivity (Wildman–Crippen MR) is 79.0 cm³/mol. The highest BCUT2D eigenvalue weighted by Crippen LogP contribution is 2.40. The third kappa shape index (κ3) is 2.70. The van der Waals surface area contributed by atoms with E-state index in [1.54, 1.807) is 0 Å². The van der Waals surface area contributed by atoms with Crippen LogP contribution in [0.3, 0.4) is 0 Å². The number of ether oxygens (including phenoxy) is 1. The van der Waals surface area contributed by atoms with Crippen LogP contribution in [0, 0.1) is 0 Å². The molecule has 1 unspecified atom stereocenters. The lowest BCUT2D eigenvalue weighted by Crippen LogP contribution is -2.24. The summed E-state index contributed by atoms with van der Waals surface area (Å²) in [5.41, 5.74) is 0. The molecule has 1 aromatic carbocycles. The lowest BCUT2D eigenvalue weighted by atomic mass is 10.3. The summed E-state index contributed by atoms with van der Waals surface area (Å²) in [6, 6.07) is 8.16. The van der Waals surface area contributed by atoms with Gasteiger partial charge in [0.1, 0.15) is 11.9 Å². The Labute approximate surface area is 127 Å². The number of rotatable bonds is 4. The van der Waals surface area contributed by atoms with E-state index in [1.807, 2.05) is 24.3 Å². The highest BCUT2D eigenvalue weighted by Gasteiger charge is 2.32. The zero-order valence-electron chi connectivity index (χ0n) is 11.5. The molecular formula is C15H16ClN3O2. The predicted octanol–water partition coefficient (Wildman–Crippen LogP) is 3.26. The van der Waals surface area contributed by atoms with E-state index in [-0.39, 0.29) is 6.10 Å². The van der Waals surface area contributed by atoms with E-state index in [9.17, 15) is 0 Å². The molecule has 2 heterocycles. The van der Waals surface area contributed by atoms with Crippen molar-refractivity contribution in [2.45, 2.75) is 31.3 Å². The summed E-state index contributed by atoms with van der Waals surface area (Å²) in [6.45, 7) is 1.61. The van der Waals surface area contributed by atoms with Crippen LogP contribution in [-0.4, -0.2) is 29.4 Å². The van der Waals surface area contributed by atoms with Crippen molar-refractivity contribution < 1.29 is 9.15 Å². The van der Waals surface area contributed by atoms with Gasteiger partial charge in [-0.3, -0.25) is 0 Å². The second kappa shape index (κ2) is 5.22. The number of anilines is 1. The molecule has 1 atom stereocenters. The van der Waals surface area contributed by atoms with Crippen molar-refractivity contribution in [3.05, 3.63) is 35.2 Å². The first kappa shape index (κ1) is 13.0. The fourth-order valence-corrected chi connectivity index (χ4v) is 2.75. The molecule has 2 fully saturated rings. The standard InChI is InChI=1S/C15H16ClN3O2/c16-12-3-1-2-4-13(12)20-11-7-8-19(9-11)15-18-17-14(21-15)10-5-6-10/h1-4,10-11H,5-9H2. The van der Waals surface area contributed by atoms with Crippen LogP contribution in [0.25, 0.3) is 0 Å². The third-order valence-corrected chi connectivity index (χ3v) is 4.21. The lowest BCUT2D eigenvalue weighted by Gasteiger charge is -2.15. The van der Waals surface area contributed by atoms with Gasteiger partial charge in [-0.25, -0.2) is 0 Å². The summed E-state index contributed by atoms with van der Waals surface area (Å²) in [5.74, 6) is 2.00. The molecule has 2 aromatic rings. The minimum atomic E-state index is 0.0983. The maximum absolute atomic E-state index is 6.12. The van der Waals surface area contributed by atoms with Crippen LogP contribution in [-0.2, 0) is 0 Å². The van der Waals surface area contributed by atoms with Crippen molar-refractivity contribution in [2.24, 2.45) is 0 Å². The van der Waals surface area contributed by atoms with Crippen LogP contribution >= 0.6 is 11.6 Å². The minimum absolute atomic E-state index is 0.0983. The van der Waals surface area contributed by atoms with E-state index in [0.717, 1.165) is 31.2 Å². The van der Waals surface area contributed by atoms with E-state index in [2.05, 4.69) is 15.1 Å². The van der Waals surface area contributed by atoms with Gasteiger partial charge in [0.15, 0.2) is 0 Å². The molecule has 1 aliphatic carbocycles. The molecule has 110 valence electrons. The largest absolute Gasteiger partial charge is 0.487 e. The summed E-state index contributed by atoms with van der Waals surface area (Å²) in [4.78, 5) is 2.08. The van der Waals surface area contributed by atoms with Gasteiger partial charge in [0.2, 0.25) is 5.89 Å².